The van der Waals surface area contributed by atoms with Crippen LogP contribution in [0.3, 0.4) is 0 Å². The molecule has 0 heterocycles. The zero-order valence-corrected chi connectivity index (χ0v) is 10.3. The molecule has 1 atom stereocenters. The highest BCUT2D eigenvalue weighted by atomic mass is 16.5. The maximum atomic E-state index is 5.52. The summed E-state index contributed by atoms with van der Waals surface area (Å²) in [5.41, 5.74) is 0. The summed E-state index contributed by atoms with van der Waals surface area (Å²) >= 11 is 0. The van der Waals surface area contributed by atoms with Gasteiger partial charge in [-0.1, -0.05) is 6.92 Å². The van der Waals surface area contributed by atoms with Crippen molar-refractivity contribution in [1.82, 2.24) is 10.2 Å². The fourth-order valence-corrected chi connectivity index (χ4v) is 1.46. The first kappa shape index (κ1) is 13.9. The smallest absolute Gasteiger partial charge is 0.0596 e. The van der Waals surface area contributed by atoms with Crippen molar-refractivity contribution in [2.45, 2.75) is 39.3 Å². The van der Waals surface area contributed by atoms with Crippen LogP contribution in [0.1, 0.15) is 27.2 Å². The highest BCUT2D eigenvalue weighted by Crippen LogP contribution is 2.00. The monoisotopic (exact) mass is 202 g/mol. The van der Waals surface area contributed by atoms with E-state index < -0.39 is 0 Å². The van der Waals surface area contributed by atoms with E-state index in [0.717, 1.165) is 19.7 Å². The van der Waals surface area contributed by atoms with Crippen molar-refractivity contribution in [1.29, 1.82) is 0 Å². The van der Waals surface area contributed by atoms with Crippen LogP contribution in [-0.2, 0) is 4.74 Å². The zero-order valence-electron chi connectivity index (χ0n) is 10.3. The molecule has 0 aliphatic carbocycles. The molecular weight excluding hydrogens is 176 g/mol. The Morgan fingerprint density at radius 1 is 1.36 bits per heavy atom. The SMILES string of the molecule is CCC(CNC)N(C)CCOC(C)C. The molecule has 0 bridgehead atoms. The van der Waals surface area contributed by atoms with Gasteiger partial charge in [-0.2, -0.15) is 0 Å². The Morgan fingerprint density at radius 2 is 2.00 bits per heavy atom. The van der Waals surface area contributed by atoms with Gasteiger partial charge in [-0.3, -0.25) is 4.90 Å². The molecule has 0 aromatic heterocycles. The van der Waals surface area contributed by atoms with Crippen LogP contribution in [0.2, 0.25) is 0 Å². The third kappa shape index (κ3) is 6.35. The Balaban J connectivity index is 3.63. The predicted octanol–water partition coefficient (Wildman–Crippen LogP) is 1.34. The molecule has 0 amide bonds. The normalized spacial score (nSPS) is 13.9. The maximum Gasteiger partial charge on any atom is 0.0596 e. The van der Waals surface area contributed by atoms with E-state index in [1.807, 2.05) is 7.05 Å². The second-order valence-corrected chi connectivity index (χ2v) is 4.02. The lowest BCUT2D eigenvalue weighted by Gasteiger charge is -2.27. The standard InChI is InChI=1S/C11H26N2O/c1-6-11(9-12-4)13(5)7-8-14-10(2)3/h10-12H,6-9H2,1-5H3. The first-order valence-corrected chi connectivity index (χ1v) is 5.58. The molecule has 0 saturated heterocycles. The van der Waals surface area contributed by atoms with Crippen molar-refractivity contribution in [3.63, 3.8) is 0 Å². The summed E-state index contributed by atoms with van der Waals surface area (Å²) in [5, 5.41) is 3.22. The molecule has 1 unspecified atom stereocenters. The van der Waals surface area contributed by atoms with Gasteiger partial charge < -0.3 is 10.1 Å². The molecule has 0 saturated carbocycles. The zero-order chi connectivity index (χ0) is 11.0. The average molecular weight is 202 g/mol. The minimum absolute atomic E-state index is 0.341. The Hall–Kier alpha value is -0.120. The van der Waals surface area contributed by atoms with Crippen LogP contribution >= 0.6 is 0 Å². The fraction of sp³-hybridized carbons (Fsp3) is 1.00. The molecule has 14 heavy (non-hydrogen) atoms. The largest absolute Gasteiger partial charge is 0.377 e. The van der Waals surface area contributed by atoms with Crippen LogP contribution in [0, 0.1) is 0 Å². The molecule has 0 radical (unpaired) electrons. The Morgan fingerprint density at radius 3 is 2.43 bits per heavy atom. The van der Waals surface area contributed by atoms with Crippen molar-refractivity contribution in [2.75, 3.05) is 33.8 Å². The van der Waals surface area contributed by atoms with Gasteiger partial charge in [0, 0.05) is 19.1 Å². The fourth-order valence-electron chi connectivity index (χ4n) is 1.46. The molecule has 0 fully saturated rings. The highest BCUT2D eigenvalue weighted by Gasteiger charge is 2.10. The second kappa shape index (κ2) is 8.21. The molecule has 0 aromatic carbocycles. The highest BCUT2D eigenvalue weighted by molar-refractivity contribution is 4.68. The number of nitrogens with zero attached hydrogens (tertiary/aromatic N) is 1. The Labute approximate surface area is 88.8 Å². The molecule has 0 spiro atoms. The lowest BCUT2D eigenvalue weighted by molar-refractivity contribution is 0.0555. The first-order valence-electron chi connectivity index (χ1n) is 5.58. The van der Waals surface area contributed by atoms with Gasteiger partial charge in [0.1, 0.15) is 0 Å². The number of hydrogen-bond acceptors (Lipinski definition) is 3. The van der Waals surface area contributed by atoms with Gasteiger partial charge in [0.15, 0.2) is 0 Å². The van der Waals surface area contributed by atoms with Crippen LogP contribution in [0.4, 0.5) is 0 Å². The van der Waals surface area contributed by atoms with Gasteiger partial charge in [0.05, 0.1) is 12.7 Å². The number of rotatable bonds is 8. The van der Waals surface area contributed by atoms with Gasteiger partial charge in [-0.15, -0.1) is 0 Å². The van der Waals surface area contributed by atoms with Gasteiger partial charge in [0.2, 0.25) is 0 Å². The van der Waals surface area contributed by atoms with E-state index in [-0.39, 0.29) is 0 Å². The summed E-state index contributed by atoms with van der Waals surface area (Å²) in [6, 6.07) is 0.621. The van der Waals surface area contributed by atoms with Crippen molar-refractivity contribution >= 4 is 0 Å². The van der Waals surface area contributed by atoms with Crippen molar-refractivity contribution in [2.24, 2.45) is 0 Å². The summed E-state index contributed by atoms with van der Waals surface area (Å²) < 4.78 is 5.52. The topological polar surface area (TPSA) is 24.5 Å². The van der Waals surface area contributed by atoms with Crippen molar-refractivity contribution in [3.05, 3.63) is 0 Å². The number of hydrogen-bond donors (Lipinski definition) is 1. The second-order valence-electron chi connectivity index (χ2n) is 4.02. The molecule has 0 aliphatic rings. The van der Waals surface area contributed by atoms with Gasteiger partial charge in [-0.05, 0) is 34.4 Å². The third-order valence-electron chi connectivity index (χ3n) is 2.43. The van der Waals surface area contributed by atoms with E-state index in [1.54, 1.807) is 0 Å². The maximum absolute atomic E-state index is 5.52. The van der Waals surface area contributed by atoms with Gasteiger partial charge in [0.25, 0.3) is 0 Å². The van der Waals surface area contributed by atoms with Gasteiger partial charge in [-0.25, -0.2) is 0 Å². The van der Waals surface area contributed by atoms with Crippen molar-refractivity contribution < 1.29 is 4.74 Å². The summed E-state index contributed by atoms with van der Waals surface area (Å²) in [6.45, 7) is 9.26. The Kier molecular flexibility index (Phi) is 8.14. The van der Waals surface area contributed by atoms with E-state index in [0.29, 0.717) is 12.1 Å². The minimum Gasteiger partial charge on any atom is -0.377 e. The van der Waals surface area contributed by atoms with E-state index in [1.165, 1.54) is 6.42 Å². The minimum atomic E-state index is 0.341. The van der Waals surface area contributed by atoms with Crippen LogP contribution in [0.5, 0.6) is 0 Å². The van der Waals surface area contributed by atoms with E-state index in [2.05, 4.69) is 38.0 Å². The van der Waals surface area contributed by atoms with Crippen LogP contribution in [0.15, 0.2) is 0 Å². The molecule has 3 heteroatoms. The van der Waals surface area contributed by atoms with E-state index >= 15 is 0 Å². The molecule has 1 N–H and O–H groups in total. The van der Waals surface area contributed by atoms with E-state index in [9.17, 15) is 0 Å². The quantitative estimate of drug-likeness (QED) is 0.643. The molecule has 0 aromatic rings. The first-order chi connectivity index (χ1) is 6.61. The lowest BCUT2D eigenvalue weighted by atomic mass is 10.2. The molecule has 3 nitrogen and oxygen atoms in total. The average Bonchev–Trinajstić information content (AvgIpc) is 2.13. The number of nitrogens with one attached hydrogen (secondary N) is 1. The number of ether oxygens (including phenoxy) is 1. The van der Waals surface area contributed by atoms with Crippen LogP contribution in [-0.4, -0.2) is 50.8 Å². The lowest BCUT2D eigenvalue weighted by Crippen LogP contribution is -2.40. The van der Waals surface area contributed by atoms with Crippen molar-refractivity contribution in [3.8, 4) is 0 Å². The van der Waals surface area contributed by atoms with Crippen LogP contribution in [0.25, 0.3) is 0 Å². The van der Waals surface area contributed by atoms with Gasteiger partial charge >= 0.3 is 0 Å². The number of likely N-dealkylation sites (N-methyl/N-ethyl adjacent to an activating group) is 2. The molecule has 86 valence electrons. The summed E-state index contributed by atoms with van der Waals surface area (Å²) in [7, 11) is 4.16. The molecule has 0 aliphatic heterocycles. The predicted molar refractivity (Wildman–Crippen MR) is 61.7 cm³/mol. The Bertz CT molecular complexity index is 128. The molecule has 0 rings (SSSR count). The summed E-state index contributed by atoms with van der Waals surface area (Å²) in [4.78, 5) is 2.36. The third-order valence-corrected chi connectivity index (χ3v) is 2.43. The molecular formula is C11H26N2O. The van der Waals surface area contributed by atoms with Crippen LogP contribution < -0.4 is 5.32 Å². The van der Waals surface area contributed by atoms with E-state index in [4.69, 9.17) is 4.74 Å². The summed E-state index contributed by atoms with van der Waals surface area (Å²) in [5.74, 6) is 0. The summed E-state index contributed by atoms with van der Waals surface area (Å²) in [6.07, 6.45) is 1.52.